The lowest BCUT2D eigenvalue weighted by Crippen LogP contribution is -2.00. The molecule has 0 spiro atoms. The molecule has 0 unspecified atom stereocenters. The molecule has 0 bridgehead atoms. The monoisotopic (exact) mass is 482 g/mol. The summed E-state index contributed by atoms with van der Waals surface area (Å²) in [6.07, 6.45) is 6.88. The van der Waals surface area contributed by atoms with E-state index in [9.17, 15) is 8.78 Å². The van der Waals surface area contributed by atoms with Crippen molar-refractivity contribution in [3.8, 4) is 5.75 Å². The van der Waals surface area contributed by atoms with Gasteiger partial charge in [-0.15, -0.1) is 0 Å². The van der Waals surface area contributed by atoms with E-state index in [2.05, 4.69) is 16.5 Å². The molecule has 0 atom stereocenters. The van der Waals surface area contributed by atoms with Gasteiger partial charge in [0.15, 0.2) is 5.75 Å². The van der Waals surface area contributed by atoms with Crippen LogP contribution in [0, 0.1) is 17.5 Å². The predicted octanol–water partition coefficient (Wildman–Crippen LogP) is 6.84. The molecule has 1 aromatic heterocycles. The number of aromatic nitrogens is 2. The van der Waals surface area contributed by atoms with Crippen LogP contribution >= 0.6 is 11.6 Å². The lowest BCUT2D eigenvalue weighted by Gasteiger charge is -2.09. The van der Waals surface area contributed by atoms with Crippen LogP contribution in [0.2, 0.25) is 5.02 Å². The molecular formula is C27H22ClF3N2O. The molecule has 7 heteroatoms. The average molecular weight is 483 g/mol. The van der Waals surface area contributed by atoms with Gasteiger partial charge in [0.25, 0.3) is 0 Å². The number of fused-ring (bicyclic) bond motifs is 1. The van der Waals surface area contributed by atoms with Gasteiger partial charge in [-0.1, -0.05) is 54.6 Å². The van der Waals surface area contributed by atoms with Gasteiger partial charge in [0.2, 0.25) is 0 Å². The minimum atomic E-state index is -0.814. The second-order valence-electron chi connectivity index (χ2n) is 7.90. The van der Waals surface area contributed by atoms with Crippen molar-refractivity contribution in [1.82, 2.24) is 9.97 Å². The lowest BCUT2D eigenvalue weighted by atomic mass is 9.98. The molecule has 3 nitrogen and oxygen atoms in total. The second kappa shape index (κ2) is 10.7. The Bertz CT molecular complexity index is 1300. The van der Waals surface area contributed by atoms with E-state index >= 15 is 4.39 Å². The number of benzene rings is 3. The number of aryl methyl sites for hydroxylation is 4. The van der Waals surface area contributed by atoms with E-state index in [1.54, 1.807) is 30.6 Å². The number of halogens is 4. The fraction of sp³-hybridized carbons (Fsp3) is 0.185. The van der Waals surface area contributed by atoms with Crippen molar-refractivity contribution in [2.75, 3.05) is 6.61 Å². The molecule has 0 radical (unpaired) electrons. The van der Waals surface area contributed by atoms with E-state index < -0.39 is 16.7 Å². The predicted molar refractivity (Wildman–Crippen MR) is 128 cm³/mol. The summed E-state index contributed by atoms with van der Waals surface area (Å²) in [5.74, 6) is -0.664. The van der Waals surface area contributed by atoms with Crippen molar-refractivity contribution in [3.63, 3.8) is 0 Å². The fourth-order valence-electron chi connectivity index (χ4n) is 3.72. The van der Waals surface area contributed by atoms with E-state index in [-0.39, 0.29) is 5.82 Å². The van der Waals surface area contributed by atoms with Gasteiger partial charge in [-0.25, -0.2) is 23.1 Å². The highest BCUT2D eigenvalue weighted by Gasteiger charge is 2.12. The Morgan fingerprint density at radius 3 is 2.26 bits per heavy atom. The van der Waals surface area contributed by atoms with Crippen LogP contribution in [-0.2, 0) is 25.7 Å². The van der Waals surface area contributed by atoms with E-state index in [1.165, 1.54) is 12.1 Å². The first kappa shape index (κ1) is 23.8. The molecule has 0 saturated heterocycles. The maximum Gasteiger partial charge on any atom is 0.156 e. The molecule has 4 aromatic rings. The first-order valence-corrected chi connectivity index (χ1v) is 11.2. The zero-order valence-corrected chi connectivity index (χ0v) is 19.1. The standard InChI is InChI=1S/C27H22ClF3N2O/c1-2-11-34-21-15-32-25(33-16-21)10-5-17-4-9-22-20(12-17)8-7-19(27(22)31)6-3-18-13-23(29)26(28)24(30)14-18/h2,4,7-9,12-16H,1,3,5-6,10-11H2. The zero-order chi connectivity index (χ0) is 24.1. The first-order chi connectivity index (χ1) is 16.4. The van der Waals surface area contributed by atoms with Gasteiger partial charge in [-0.3, -0.25) is 0 Å². The van der Waals surface area contributed by atoms with Crippen LogP contribution in [0.15, 0.2) is 67.5 Å². The molecule has 0 fully saturated rings. The van der Waals surface area contributed by atoms with Crippen LogP contribution in [0.1, 0.15) is 22.5 Å². The first-order valence-electron chi connectivity index (χ1n) is 10.8. The van der Waals surface area contributed by atoms with Crippen molar-refractivity contribution in [1.29, 1.82) is 0 Å². The average Bonchev–Trinajstić information content (AvgIpc) is 2.85. The highest BCUT2D eigenvalue weighted by Crippen LogP contribution is 2.25. The van der Waals surface area contributed by atoms with Crippen LogP contribution < -0.4 is 4.74 Å². The number of hydrogen-bond donors (Lipinski definition) is 0. The van der Waals surface area contributed by atoms with Crippen LogP contribution in [-0.4, -0.2) is 16.6 Å². The molecule has 0 saturated carbocycles. The fourth-order valence-corrected chi connectivity index (χ4v) is 3.83. The Hall–Kier alpha value is -3.38. The van der Waals surface area contributed by atoms with E-state index in [0.717, 1.165) is 10.9 Å². The normalized spacial score (nSPS) is 11.1. The highest BCUT2D eigenvalue weighted by atomic mass is 35.5. The minimum absolute atomic E-state index is 0.295. The molecule has 0 N–H and O–H groups in total. The van der Waals surface area contributed by atoms with E-state index in [1.807, 2.05) is 18.2 Å². The van der Waals surface area contributed by atoms with Crippen LogP contribution in [0.5, 0.6) is 5.75 Å². The topological polar surface area (TPSA) is 35.0 Å². The molecule has 0 aliphatic carbocycles. The Morgan fingerprint density at radius 2 is 1.56 bits per heavy atom. The lowest BCUT2D eigenvalue weighted by molar-refractivity contribution is 0.359. The number of rotatable bonds is 9. The largest absolute Gasteiger partial charge is 0.486 e. The van der Waals surface area contributed by atoms with Gasteiger partial charge in [0.1, 0.15) is 34.9 Å². The van der Waals surface area contributed by atoms with Crippen molar-refractivity contribution in [3.05, 3.63) is 113 Å². The Labute approximate surface area is 200 Å². The SMILES string of the molecule is C=CCOc1cnc(CCc2ccc3c(F)c(CCc4cc(F)c(Cl)c(F)c4)ccc3c2)nc1. The molecule has 4 rings (SSSR count). The summed E-state index contributed by atoms with van der Waals surface area (Å²) in [4.78, 5) is 8.62. The van der Waals surface area contributed by atoms with Crippen LogP contribution in [0.3, 0.4) is 0 Å². The maximum atomic E-state index is 15.1. The summed E-state index contributed by atoms with van der Waals surface area (Å²) in [7, 11) is 0. The minimum Gasteiger partial charge on any atom is -0.486 e. The summed E-state index contributed by atoms with van der Waals surface area (Å²) >= 11 is 5.53. The molecule has 1 heterocycles. The molecular weight excluding hydrogens is 461 g/mol. The molecule has 34 heavy (non-hydrogen) atoms. The number of hydrogen-bond acceptors (Lipinski definition) is 3. The maximum absolute atomic E-state index is 15.1. The van der Waals surface area contributed by atoms with Gasteiger partial charge >= 0.3 is 0 Å². The van der Waals surface area contributed by atoms with Crippen LogP contribution in [0.4, 0.5) is 13.2 Å². The summed E-state index contributed by atoms with van der Waals surface area (Å²) < 4.78 is 47.8. The van der Waals surface area contributed by atoms with Crippen LogP contribution in [0.25, 0.3) is 10.8 Å². The Balaban J connectivity index is 1.42. The molecule has 174 valence electrons. The Morgan fingerprint density at radius 1 is 0.853 bits per heavy atom. The van der Waals surface area contributed by atoms with Gasteiger partial charge in [0, 0.05) is 11.8 Å². The van der Waals surface area contributed by atoms with Gasteiger partial charge in [0.05, 0.1) is 12.4 Å². The summed E-state index contributed by atoms with van der Waals surface area (Å²) in [5.41, 5.74) is 1.96. The molecule has 0 amide bonds. The third-order valence-electron chi connectivity index (χ3n) is 5.51. The number of nitrogens with zero attached hydrogens (tertiary/aromatic N) is 2. The summed E-state index contributed by atoms with van der Waals surface area (Å²) in [6.45, 7) is 4.00. The molecule has 0 aliphatic rings. The van der Waals surface area contributed by atoms with Crippen molar-refractivity contribution in [2.24, 2.45) is 0 Å². The van der Waals surface area contributed by atoms with Gasteiger partial charge < -0.3 is 4.74 Å². The van der Waals surface area contributed by atoms with Crippen molar-refractivity contribution < 1.29 is 17.9 Å². The molecule has 0 aliphatic heterocycles. The van der Waals surface area contributed by atoms with E-state index in [4.69, 9.17) is 16.3 Å². The highest BCUT2D eigenvalue weighted by molar-refractivity contribution is 6.30. The van der Waals surface area contributed by atoms with Gasteiger partial charge in [-0.05, 0) is 53.5 Å². The second-order valence-corrected chi connectivity index (χ2v) is 8.28. The quantitative estimate of drug-likeness (QED) is 0.193. The number of ether oxygens (including phenoxy) is 1. The smallest absolute Gasteiger partial charge is 0.156 e. The third-order valence-corrected chi connectivity index (χ3v) is 5.87. The van der Waals surface area contributed by atoms with Crippen molar-refractivity contribution in [2.45, 2.75) is 25.7 Å². The third kappa shape index (κ3) is 5.57. The summed E-state index contributed by atoms with van der Waals surface area (Å²) in [6, 6.07) is 11.6. The Kier molecular flexibility index (Phi) is 7.48. The van der Waals surface area contributed by atoms with Crippen molar-refractivity contribution >= 4 is 22.4 Å². The summed E-state index contributed by atoms with van der Waals surface area (Å²) in [5, 5.41) is 0.767. The molecule has 3 aromatic carbocycles. The van der Waals surface area contributed by atoms with E-state index in [0.29, 0.717) is 60.4 Å². The zero-order valence-electron chi connectivity index (χ0n) is 18.3. The van der Waals surface area contributed by atoms with Gasteiger partial charge in [-0.2, -0.15) is 0 Å².